The minimum atomic E-state index is -0.439. The Morgan fingerprint density at radius 3 is 2.76 bits per heavy atom. The van der Waals surface area contributed by atoms with Gasteiger partial charge in [-0.3, -0.25) is 4.79 Å². The summed E-state index contributed by atoms with van der Waals surface area (Å²) in [6.45, 7) is 7.67. The molecule has 0 spiro atoms. The van der Waals surface area contributed by atoms with Crippen LogP contribution in [0.2, 0.25) is 0 Å². The molecule has 0 radical (unpaired) electrons. The molecule has 3 N–H and O–H groups in total. The Balaban J connectivity index is 1.65. The topological polar surface area (TPSA) is 82.2 Å². The second-order valence-electron chi connectivity index (χ2n) is 6.00. The minimum absolute atomic E-state index is 0.204. The van der Waals surface area contributed by atoms with Crippen LogP contribution in [-0.2, 0) is 4.79 Å². The molecule has 0 aliphatic rings. The van der Waals surface area contributed by atoms with Crippen molar-refractivity contribution in [3.05, 3.63) is 47.3 Å². The number of hydrazone groups is 1. The lowest BCUT2D eigenvalue weighted by Gasteiger charge is -2.11. The van der Waals surface area contributed by atoms with Crippen LogP contribution in [0.1, 0.15) is 30.7 Å². The normalized spacial score (nSPS) is 13.0. The van der Waals surface area contributed by atoms with E-state index in [0.29, 0.717) is 0 Å². The fourth-order valence-electron chi connectivity index (χ4n) is 2.69. The summed E-state index contributed by atoms with van der Waals surface area (Å²) in [6.07, 6.45) is 1.93. The van der Waals surface area contributed by atoms with Crippen molar-refractivity contribution in [2.24, 2.45) is 5.10 Å². The number of fused-ring (bicyclic) bond motifs is 1. The lowest BCUT2D eigenvalue weighted by atomic mass is 10.1. The van der Waals surface area contributed by atoms with Gasteiger partial charge in [0, 0.05) is 17.5 Å². The molecule has 6 nitrogen and oxygen atoms in total. The third kappa shape index (κ3) is 3.71. The first kappa shape index (κ1) is 17.2. The van der Waals surface area contributed by atoms with E-state index in [1.807, 2.05) is 51.2 Å². The molecule has 25 heavy (non-hydrogen) atoms. The van der Waals surface area contributed by atoms with E-state index in [0.717, 1.165) is 37.9 Å². The number of amides is 1. The van der Waals surface area contributed by atoms with Crippen molar-refractivity contribution in [2.45, 2.75) is 33.7 Å². The SMILES string of the molecule is C/C(=N\NC(=O)[C@@H](C)Nc1nc2ccccc2s1)c1c(C)c[nH]c1C. The molecule has 2 heterocycles. The molecule has 1 aromatic carbocycles. The van der Waals surface area contributed by atoms with Crippen LogP contribution in [0.3, 0.4) is 0 Å². The van der Waals surface area contributed by atoms with Crippen LogP contribution >= 0.6 is 11.3 Å². The van der Waals surface area contributed by atoms with E-state index in [4.69, 9.17) is 0 Å². The Hall–Kier alpha value is -2.67. The Bertz CT molecular complexity index is 887. The van der Waals surface area contributed by atoms with Crippen LogP contribution in [0.25, 0.3) is 10.2 Å². The maximum Gasteiger partial charge on any atom is 0.262 e. The van der Waals surface area contributed by atoms with E-state index in [2.05, 4.69) is 25.8 Å². The molecule has 0 fully saturated rings. The third-order valence-electron chi connectivity index (χ3n) is 4.00. The fraction of sp³-hybridized carbons (Fsp3) is 0.278. The number of nitrogens with one attached hydrogen (secondary N) is 3. The Morgan fingerprint density at radius 1 is 1.32 bits per heavy atom. The number of para-hydroxylation sites is 1. The van der Waals surface area contributed by atoms with Gasteiger partial charge in [-0.25, -0.2) is 10.4 Å². The molecule has 1 amide bonds. The Morgan fingerprint density at radius 2 is 2.08 bits per heavy atom. The molecule has 7 heteroatoms. The van der Waals surface area contributed by atoms with Crippen molar-refractivity contribution in [1.29, 1.82) is 0 Å². The summed E-state index contributed by atoms with van der Waals surface area (Å²) >= 11 is 1.53. The number of rotatable bonds is 5. The summed E-state index contributed by atoms with van der Waals surface area (Å²) in [6, 6.07) is 7.45. The van der Waals surface area contributed by atoms with E-state index >= 15 is 0 Å². The van der Waals surface area contributed by atoms with Gasteiger partial charge in [-0.05, 0) is 45.4 Å². The monoisotopic (exact) mass is 355 g/mol. The lowest BCUT2D eigenvalue weighted by Crippen LogP contribution is -2.35. The van der Waals surface area contributed by atoms with Gasteiger partial charge in [0.1, 0.15) is 6.04 Å². The van der Waals surface area contributed by atoms with Gasteiger partial charge in [0.25, 0.3) is 5.91 Å². The number of aromatic amines is 1. The summed E-state index contributed by atoms with van der Waals surface area (Å²) in [4.78, 5) is 19.9. The molecule has 0 aliphatic heterocycles. The van der Waals surface area contributed by atoms with Gasteiger partial charge in [0.2, 0.25) is 0 Å². The maximum absolute atomic E-state index is 12.3. The van der Waals surface area contributed by atoms with E-state index in [1.54, 1.807) is 6.92 Å². The van der Waals surface area contributed by atoms with Gasteiger partial charge in [-0.2, -0.15) is 5.10 Å². The standard InChI is InChI=1S/C18H21N5OS/c1-10-9-19-11(2)16(10)12(3)22-23-17(24)13(4)20-18-21-14-7-5-6-8-15(14)25-18/h5-9,13,19H,1-4H3,(H,20,21)(H,23,24)/b22-12+/t13-/m1/s1. The Kier molecular flexibility index (Phi) is 4.85. The molecule has 0 bridgehead atoms. The molecule has 130 valence electrons. The van der Waals surface area contributed by atoms with Gasteiger partial charge in [-0.15, -0.1) is 0 Å². The summed E-state index contributed by atoms with van der Waals surface area (Å²) in [5.74, 6) is -0.204. The van der Waals surface area contributed by atoms with Gasteiger partial charge < -0.3 is 10.3 Å². The van der Waals surface area contributed by atoms with E-state index < -0.39 is 6.04 Å². The number of carbonyl (C=O) groups is 1. The molecular formula is C18H21N5OS. The molecule has 3 rings (SSSR count). The zero-order chi connectivity index (χ0) is 18.0. The van der Waals surface area contributed by atoms with Gasteiger partial charge >= 0.3 is 0 Å². The van der Waals surface area contributed by atoms with Crippen LogP contribution in [-0.4, -0.2) is 27.6 Å². The average Bonchev–Trinajstić information content (AvgIpc) is 3.14. The fourth-order valence-corrected chi connectivity index (χ4v) is 3.64. The first-order chi connectivity index (χ1) is 12.0. The molecule has 0 aliphatic carbocycles. The summed E-state index contributed by atoms with van der Waals surface area (Å²) in [7, 11) is 0. The number of aromatic nitrogens is 2. The van der Waals surface area contributed by atoms with Gasteiger partial charge in [-0.1, -0.05) is 23.5 Å². The largest absolute Gasteiger partial charge is 0.364 e. The van der Waals surface area contributed by atoms with Crippen molar-refractivity contribution in [3.63, 3.8) is 0 Å². The van der Waals surface area contributed by atoms with Crippen LogP contribution in [0, 0.1) is 13.8 Å². The van der Waals surface area contributed by atoms with Crippen LogP contribution in [0.5, 0.6) is 0 Å². The lowest BCUT2D eigenvalue weighted by molar-refractivity contribution is -0.121. The highest BCUT2D eigenvalue weighted by atomic mass is 32.1. The second-order valence-corrected chi connectivity index (χ2v) is 7.03. The summed E-state index contributed by atoms with van der Waals surface area (Å²) < 4.78 is 1.09. The van der Waals surface area contributed by atoms with Crippen LogP contribution in [0.15, 0.2) is 35.6 Å². The van der Waals surface area contributed by atoms with Crippen molar-refractivity contribution < 1.29 is 4.79 Å². The summed E-state index contributed by atoms with van der Waals surface area (Å²) in [5.41, 5.74) is 7.50. The predicted octanol–water partition coefficient (Wildman–Crippen LogP) is 3.58. The van der Waals surface area contributed by atoms with Crippen molar-refractivity contribution in [1.82, 2.24) is 15.4 Å². The third-order valence-corrected chi connectivity index (χ3v) is 4.96. The van der Waals surface area contributed by atoms with E-state index in [9.17, 15) is 4.79 Å². The molecule has 0 unspecified atom stereocenters. The first-order valence-corrected chi connectivity index (χ1v) is 8.88. The number of anilines is 1. The maximum atomic E-state index is 12.3. The number of benzene rings is 1. The van der Waals surface area contributed by atoms with Crippen molar-refractivity contribution >= 4 is 38.3 Å². The van der Waals surface area contributed by atoms with E-state index in [1.165, 1.54) is 11.3 Å². The molecule has 3 aromatic rings. The molecule has 0 saturated heterocycles. The van der Waals surface area contributed by atoms with Crippen molar-refractivity contribution in [3.8, 4) is 0 Å². The zero-order valence-electron chi connectivity index (χ0n) is 14.7. The quantitative estimate of drug-likeness (QED) is 0.483. The predicted molar refractivity (Wildman–Crippen MR) is 103 cm³/mol. The van der Waals surface area contributed by atoms with E-state index in [-0.39, 0.29) is 5.91 Å². The molecule has 2 aromatic heterocycles. The average molecular weight is 355 g/mol. The molecule has 1 atom stereocenters. The number of aryl methyl sites for hydroxylation is 2. The smallest absolute Gasteiger partial charge is 0.262 e. The number of carbonyl (C=O) groups excluding carboxylic acids is 1. The number of H-pyrrole nitrogens is 1. The highest BCUT2D eigenvalue weighted by Gasteiger charge is 2.15. The molecular weight excluding hydrogens is 334 g/mol. The summed E-state index contributed by atoms with van der Waals surface area (Å²) in [5, 5.41) is 8.09. The first-order valence-electron chi connectivity index (χ1n) is 8.07. The highest BCUT2D eigenvalue weighted by molar-refractivity contribution is 7.22. The highest BCUT2D eigenvalue weighted by Crippen LogP contribution is 2.25. The zero-order valence-corrected chi connectivity index (χ0v) is 15.5. The number of nitrogens with zero attached hydrogens (tertiary/aromatic N) is 2. The van der Waals surface area contributed by atoms with Crippen molar-refractivity contribution in [2.75, 3.05) is 5.32 Å². The second kappa shape index (κ2) is 7.06. The number of hydrogen-bond donors (Lipinski definition) is 3. The van der Waals surface area contributed by atoms with Crippen LogP contribution in [0.4, 0.5) is 5.13 Å². The minimum Gasteiger partial charge on any atom is -0.364 e. The number of thiazole rings is 1. The number of hydrogen-bond acceptors (Lipinski definition) is 5. The Labute approximate surface area is 150 Å². The van der Waals surface area contributed by atoms with Crippen LogP contribution < -0.4 is 10.7 Å². The molecule has 0 saturated carbocycles. The van der Waals surface area contributed by atoms with Gasteiger partial charge in [0.05, 0.1) is 15.9 Å². The van der Waals surface area contributed by atoms with Gasteiger partial charge in [0.15, 0.2) is 5.13 Å².